The molecule has 0 radical (unpaired) electrons. The number of H-pyrrole nitrogens is 1. The first-order valence-electron chi connectivity index (χ1n) is 4.70. The molecule has 1 aliphatic rings. The highest BCUT2D eigenvalue weighted by Gasteiger charge is 2.10. The van der Waals surface area contributed by atoms with Crippen molar-refractivity contribution in [1.29, 1.82) is 0 Å². The van der Waals surface area contributed by atoms with E-state index in [9.17, 15) is 0 Å². The topological polar surface area (TPSA) is 57.1 Å². The van der Waals surface area contributed by atoms with E-state index in [0.717, 1.165) is 38.4 Å². The van der Waals surface area contributed by atoms with Gasteiger partial charge in [0, 0.05) is 50.3 Å². The third kappa shape index (κ3) is 2.23. The SMILES string of the molecule is Nc1c[nH]c(CN2CCNCC2)c1. The van der Waals surface area contributed by atoms with E-state index in [1.54, 1.807) is 0 Å². The Bertz CT molecular complexity index is 262. The summed E-state index contributed by atoms with van der Waals surface area (Å²) in [5.41, 5.74) is 7.65. The molecule has 1 aromatic heterocycles. The van der Waals surface area contributed by atoms with Gasteiger partial charge in [-0.2, -0.15) is 0 Å². The van der Waals surface area contributed by atoms with Crippen molar-refractivity contribution < 1.29 is 0 Å². The van der Waals surface area contributed by atoms with Gasteiger partial charge in [-0.05, 0) is 6.07 Å². The summed E-state index contributed by atoms with van der Waals surface area (Å²) in [7, 11) is 0. The first-order chi connectivity index (χ1) is 6.34. The molecule has 0 aromatic carbocycles. The van der Waals surface area contributed by atoms with E-state index in [1.165, 1.54) is 5.69 Å². The fourth-order valence-corrected chi connectivity index (χ4v) is 1.66. The molecule has 0 amide bonds. The Morgan fingerprint density at radius 1 is 1.38 bits per heavy atom. The van der Waals surface area contributed by atoms with Crippen LogP contribution in [0.25, 0.3) is 0 Å². The number of piperazine rings is 1. The standard InChI is InChI=1S/C9H16N4/c10-8-5-9(12-6-8)7-13-3-1-11-2-4-13/h5-6,11-12H,1-4,7,10H2. The highest BCUT2D eigenvalue weighted by molar-refractivity contribution is 5.37. The average Bonchev–Trinajstić information content (AvgIpc) is 2.53. The molecule has 1 saturated heterocycles. The maximum Gasteiger partial charge on any atom is 0.0495 e. The third-order valence-corrected chi connectivity index (χ3v) is 2.37. The Labute approximate surface area is 78.1 Å². The molecule has 0 spiro atoms. The molecule has 2 heterocycles. The molecular weight excluding hydrogens is 164 g/mol. The molecule has 0 bridgehead atoms. The summed E-state index contributed by atoms with van der Waals surface area (Å²) < 4.78 is 0. The maximum atomic E-state index is 5.62. The lowest BCUT2D eigenvalue weighted by Gasteiger charge is -2.26. The number of nitrogens with zero attached hydrogens (tertiary/aromatic N) is 1. The fraction of sp³-hybridized carbons (Fsp3) is 0.556. The van der Waals surface area contributed by atoms with Gasteiger partial charge in [0.25, 0.3) is 0 Å². The van der Waals surface area contributed by atoms with Crippen molar-refractivity contribution >= 4 is 5.69 Å². The van der Waals surface area contributed by atoms with Crippen LogP contribution >= 0.6 is 0 Å². The average molecular weight is 180 g/mol. The molecule has 13 heavy (non-hydrogen) atoms. The van der Waals surface area contributed by atoms with E-state index in [4.69, 9.17) is 5.73 Å². The van der Waals surface area contributed by atoms with Crippen LogP contribution in [0.15, 0.2) is 12.3 Å². The number of nitrogens with two attached hydrogens (primary N) is 1. The molecule has 4 nitrogen and oxygen atoms in total. The smallest absolute Gasteiger partial charge is 0.0495 e. The second kappa shape index (κ2) is 3.81. The second-order valence-electron chi connectivity index (χ2n) is 3.48. The zero-order chi connectivity index (χ0) is 9.10. The summed E-state index contributed by atoms with van der Waals surface area (Å²) in [6, 6.07) is 2.00. The van der Waals surface area contributed by atoms with Crippen LogP contribution in [0, 0.1) is 0 Å². The molecule has 1 aliphatic heterocycles. The Kier molecular flexibility index (Phi) is 2.52. The van der Waals surface area contributed by atoms with Crippen molar-refractivity contribution in [2.24, 2.45) is 0 Å². The van der Waals surface area contributed by atoms with E-state index < -0.39 is 0 Å². The van der Waals surface area contributed by atoms with Crippen LogP contribution in [0.1, 0.15) is 5.69 Å². The van der Waals surface area contributed by atoms with Crippen LogP contribution in [-0.2, 0) is 6.54 Å². The minimum atomic E-state index is 0.824. The molecule has 72 valence electrons. The summed E-state index contributed by atoms with van der Waals surface area (Å²) in [6.07, 6.45) is 1.84. The van der Waals surface area contributed by atoms with E-state index in [2.05, 4.69) is 15.2 Å². The molecule has 0 unspecified atom stereocenters. The van der Waals surface area contributed by atoms with Gasteiger partial charge in [0.2, 0.25) is 0 Å². The maximum absolute atomic E-state index is 5.62. The summed E-state index contributed by atoms with van der Waals surface area (Å²) in [6.45, 7) is 5.42. The molecule has 1 fully saturated rings. The Hall–Kier alpha value is -1.00. The Morgan fingerprint density at radius 2 is 2.15 bits per heavy atom. The molecule has 1 aromatic rings. The van der Waals surface area contributed by atoms with Crippen molar-refractivity contribution in [1.82, 2.24) is 15.2 Å². The van der Waals surface area contributed by atoms with Crippen molar-refractivity contribution in [2.45, 2.75) is 6.54 Å². The zero-order valence-electron chi connectivity index (χ0n) is 7.71. The third-order valence-electron chi connectivity index (χ3n) is 2.37. The normalized spacial score (nSPS) is 19.1. The van der Waals surface area contributed by atoms with Crippen LogP contribution in [0.4, 0.5) is 5.69 Å². The highest BCUT2D eigenvalue weighted by atomic mass is 15.2. The Morgan fingerprint density at radius 3 is 2.77 bits per heavy atom. The highest BCUT2D eigenvalue weighted by Crippen LogP contribution is 2.07. The van der Waals surface area contributed by atoms with Crippen LogP contribution in [-0.4, -0.2) is 36.1 Å². The van der Waals surface area contributed by atoms with Crippen LogP contribution < -0.4 is 11.1 Å². The van der Waals surface area contributed by atoms with Gasteiger partial charge in [0.1, 0.15) is 0 Å². The van der Waals surface area contributed by atoms with Crippen molar-refractivity contribution in [3.8, 4) is 0 Å². The van der Waals surface area contributed by atoms with Gasteiger partial charge in [-0.1, -0.05) is 0 Å². The van der Waals surface area contributed by atoms with E-state index in [-0.39, 0.29) is 0 Å². The molecular formula is C9H16N4. The second-order valence-corrected chi connectivity index (χ2v) is 3.48. The predicted molar refractivity (Wildman–Crippen MR) is 53.4 cm³/mol. The van der Waals surface area contributed by atoms with E-state index in [0.29, 0.717) is 0 Å². The van der Waals surface area contributed by atoms with Gasteiger partial charge < -0.3 is 16.0 Å². The van der Waals surface area contributed by atoms with Crippen LogP contribution in [0.3, 0.4) is 0 Å². The van der Waals surface area contributed by atoms with Gasteiger partial charge in [0.05, 0.1) is 0 Å². The summed E-state index contributed by atoms with van der Waals surface area (Å²) in [5.74, 6) is 0. The zero-order valence-corrected chi connectivity index (χ0v) is 7.71. The number of aromatic amines is 1. The van der Waals surface area contributed by atoms with Crippen LogP contribution in [0.2, 0.25) is 0 Å². The van der Waals surface area contributed by atoms with Gasteiger partial charge in [-0.25, -0.2) is 0 Å². The first kappa shape index (κ1) is 8.59. The summed E-state index contributed by atoms with van der Waals surface area (Å²) >= 11 is 0. The molecule has 4 heteroatoms. The lowest BCUT2D eigenvalue weighted by atomic mass is 10.3. The lowest BCUT2D eigenvalue weighted by Crippen LogP contribution is -2.42. The number of hydrogen-bond donors (Lipinski definition) is 3. The molecule has 0 atom stereocenters. The van der Waals surface area contributed by atoms with Gasteiger partial charge in [-0.3, -0.25) is 4.90 Å². The lowest BCUT2D eigenvalue weighted by molar-refractivity contribution is 0.231. The van der Waals surface area contributed by atoms with Gasteiger partial charge in [0.15, 0.2) is 0 Å². The number of nitrogens with one attached hydrogen (secondary N) is 2. The monoisotopic (exact) mass is 180 g/mol. The summed E-state index contributed by atoms with van der Waals surface area (Å²) in [5, 5.41) is 3.33. The Balaban J connectivity index is 1.89. The van der Waals surface area contributed by atoms with Crippen molar-refractivity contribution in [2.75, 3.05) is 31.9 Å². The number of aromatic nitrogens is 1. The van der Waals surface area contributed by atoms with Crippen LogP contribution in [0.5, 0.6) is 0 Å². The first-order valence-corrected chi connectivity index (χ1v) is 4.70. The van der Waals surface area contributed by atoms with Crippen molar-refractivity contribution in [3.63, 3.8) is 0 Å². The molecule has 2 rings (SSSR count). The number of anilines is 1. The fourth-order valence-electron chi connectivity index (χ4n) is 1.66. The predicted octanol–water partition coefficient (Wildman–Crippen LogP) is 0.00210. The van der Waals surface area contributed by atoms with Crippen molar-refractivity contribution in [3.05, 3.63) is 18.0 Å². The molecule has 0 aliphatic carbocycles. The largest absolute Gasteiger partial charge is 0.397 e. The minimum absolute atomic E-state index is 0.824. The number of hydrogen-bond acceptors (Lipinski definition) is 3. The summed E-state index contributed by atoms with van der Waals surface area (Å²) in [4.78, 5) is 5.58. The van der Waals surface area contributed by atoms with E-state index in [1.807, 2.05) is 12.3 Å². The quantitative estimate of drug-likeness (QED) is 0.600. The van der Waals surface area contributed by atoms with Gasteiger partial charge >= 0.3 is 0 Å². The molecule has 0 saturated carbocycles. The minimum Gasteiger partial charge on any atom is -0.397 e. The van der Waals surface area contributed by atoms with E-state index >= 15 is 0 Å². The molecule has 4 N–H and O–H groups in total. The van der Waals surface area contributed by atoms with Gasteiger partial charge in [-0.15, -0.1) is 0 Å². The number of nitrogen functional groups attached to an aromatic ring is 1. The number of rotatable bonds is 2.